The second-order valence-corrected chi connectivity index (χ2v) is 7.87. The molecule has 0 aliphatic heterocycles. The molecule has 3 rings (SSSR count). The summed E-state index contributed by atoms with van der Waals surface area (Å²) >= 11 is 5.91. The van der Waals surface area contributed by atoms with Gasteiger partial charge in [0, 0.05) is 5.02 Å². The highest BCUT2D eigenvalue weighted by molar-refractivity contribution is 7.92. The molecule has 0 atom stereocenters. The summed E-state index contributed by atoms with van der Waals surface area (Å²) in [5, 5.41) is 2.64. The van der Waals surface area contributed by atoms with Gasteiger partial charge in [-0.15, -0.1) is 0 Å². The van der Waals surface area contributed by atoms with Crippen LogP contribution in [0.4, 0.5) is 24.5 Å². The van der Waals surface area contributed by atoms with Gasteiger partial charge in [-0.3, -0.25) is 9.52 Å². The molecule has 0 bridgehead atoms. The molecule has 152 valence electrons. The Morgan fingerprint density at radius 1 is 1.00 bits per heavy atom. The van der Waals surface area contributed by atoms with Crippen molar-refractivity contribution in [2.45, 2.75) is 11.1 Å². The molecule has 0 aliphatic rings. The first-order valence-electron chi connectivity index (χ1n) is 7.91. The number of amides is 1. The van der Waals surface area contributed by atoms with Crippen molar-refractivity contribution in [1.82, 2.24) is 0 Å². The van der Waals surface area contributed by atoms with Crippen molar-refractivity contribution in [3.05, 3.63) is 77.2 Å². The first-order valence-corrected chi connectivity index (χ1v) is 9.77. The summed E-state index contributed by atoms with van der Waals surface area (Å²) < 4.78 is 71.0. The fourth-order valence-corrected chi connectivity index (χ4v) is 3.64. The zero-order chi connectivity index (χ0) is 21.2. The van der Waals surface area contributed by atoms with Crippen LogP contribution >= 0.6 is 11.6 Å². The van der Waals surface area contributed by atoms with E-state index in [9.17, 15) is 26.4 Å². The molecule has 0 fully saturated rings. The Kier molecular flexibility index (Phi) is 5.58. The number of nitrogens with one attached hydrogen (secondary N) is 2. The first kappa shape index (κ1) is 20.7. The van der Waals surface area contributed by atoms with Crippen LogP contribution < -0.4 is 10.0 Å². The Labute approximate surface area is 168 Å². The number of hydrogen-bond acceptors (Lipinski definition) is 4. The van der Waals surface area contributed by atoms with Crippen LogP contribution in [0, 0.1) is 0 Å². The molecule has 1 aromatic heterocycles. The minimum absolute atomic E-state index is 0.00514. The van der Waals surface area contributed by atoms with Crippen molar-refractivity contribution in [2.24, 2.45) is 0 Å². The number of halogens is 4. The van der Waals surface area contributed by atoms with Crippen molar-refractivity contribution in [3.63, 3.8) is 0 Å². The molecule has 0 saturated carbocycles. The zero-order valence-corrected chi connectivity index (χ0v) is 15.9. The molecular weight excluding hydrogens is 433 g/mol. The summed E-state index contributed by atoms with van der Waals surface area (Å²) in [5.74, 6) is -0.701. The van der Waals surface area contributed by atoms with Crippen LogP contribution in [0.25, 0.3) is 0 Å². The lowest BCUT2D eigenvalue weighted by atomic mass is 10.2. The summed E-state index contributed by atoms with van der Waals surface area (Å²) in [7, 11) is -4.39. The maximum atomic E-state index is 12.9. The fraction of sp³-hybridized carbons (Fsp3) is 0.0556. The monoisotopic (exact) mass is 444 g/mol. The van der Waals surface area contributed by atoms with E-state index in [4.69, 9.17) is 16.0 Å². The quantitative estimate of drug-likeness (QED) is 0.579. The molecule has 1 heterocycles. The van der Waals surface area contributed by atoms with Crippen molar-refractivity contribution < 1.29 is 30.8 Å². The van der Waals surface area contributed by atoms with E-state index in [0.29, 0.717) is 6.07 Å². The Morgan fingerprint density at radius 3 is 2.41 bits per heavy atom. The van der Waals surface area contributed by atoms with Gasteiger partial charge in [-0.25, -0.2) is 8.42 Å². The highest BCUT2D eigenvalue weighted by Gasteiger charge is 2.31. The van der Waals surface area contributed by atoms with Crippen LogP contribution in [0.15, 0.2) is 70.2 Å². The summed E-state index contributed by atoms with van der Waals surface area (Å²) in [6.45, 7) is 0. The average Bonchev–Trinajstić information content (AvgIpc) is 3.18. The number of furan rings is 1. The number of rotatable bonds is 5. The normalized spacial score (nSPS) is 11.9. The van der Waals surface area contributed by atoms with Crippen LogP contribution in [0.2, 0.25) is 5.02 Å². The molecule has 0 unspecified atom stereocenters. The molecule has 0 aliphatic carbocycles. The molecule has 2 N–H and O–H groups in total. The molecule has 0 spiro atoms. The number of sulfonamides is 1. The van der Waals surface area contributed by atoms with Crippen LogP contribution in [-0.4, -0.2) is 14.3 Å². The van der Waals surface area contributed by atoms with E-state index in [-0.39, 0.29) is 22.2 Å². The number of benzene rings is 2. The van der Waals surface area contributed by atoms with Crippen molar-refractivity contribution >= 4 is 38.9 Å². The van der Waals surface area contributed by atoms with E-state index in [1.807, 2.05) is 0 Å². The predicted molar refractivity (Wildman–Crippen MR) is 100 cm³/mol. The lowest BCUT2D eigenvalue weighted by Gasteiger charge is -2.14. The van der Waals surface area contributed by atoms with Crippen LogP contribution in [0.1, 0.15) is 16.1 Å². The smallest absolute Gasteiger partial charge is 0.416 e. The largest absolute Gasteiger partial charge is 0.459 e. The maximum Gasteiger partial charge on any atom is 0.416 e. The molecule has 11 heteroatoms. The second kappa shape index (κ2) is 7.80. The Bertz CT molecular complexity index is 1150. The minimum Gasteiger partial charge on any atom is -0.459 e. The first-order chi connectivity index (χ1) is 13.6. The highest BCUT2D eigenvalue weighted by atomic mass is 35.5. The Balaban J connectivity index is 1.92. The van der Waals surface area contributed by atoms with Crippen molar-refractivity contribution in [1.29, 1.82) is 0 Å². The highest BCUT2D eigenvalue weighted by Crippen LogP contribution is 2.32. The van der Waals surface area contributed by atoms with Gasteiger partial charge in [-0.1, -0.05) is 17.7 Å². The third-order valence-corrected chi connectivity index (χ3v) is 5.29. The second-order valence-electron chi connectivity index (χ2n) is 5.75. The third-order valence-electron chi connectivity index (χ3n) is 3.69. The fourth-order valence-electron chi connectivity index (χ4n) is 2.34. The summed E-state index contributed by atoms with van der Waals surface area (Å²) in [6, 6.07) is 10.1. The lowest BCUT2D eigenvalue weighted by molar-refractivity contribution is -0.137. The Hall–Kier alpha value is -2.98. The third kappa shape index (κ3) is 4.90. The topological polar surface area (TPSA) is 88.4 Å². The Morgan fingerprint density at radius 2 is 1.76 bits per heavy atom. The number of hydrogen-bond donors (Lipinski definition) is 2. The van der Waals surface area contributed by atoms with E-state index in [2.05, 4.69) is 10.0 Å². The SMILES string of the molecule is O=C(Nc1cc(Cl)ccc1NS(=O)(=O)c1cccc(C(F)(F)F)c1)c1ccco1. The van der Waals surface area contributed by atoms with Crippen molar-refractivity contribution in [3.8, 4) is 0 Å². The van der Waals surface area contributed by atoms with E-state index < -0.39 is 32.6 Å². The average molecular weight is 445 g/mol. The molecular formula is C18H12ClF3N2O4S. The summed E-state index contributed by atoms with van der Waals surface area (Å²) in [5.41, 5.74) is -1.20. The maximum absolute atomic E-state index is 12.9. The molecule has 0 saturated heterocycles. The number of anilines is 2. The van der Waals surface area contributed by atoms with E-state index >= 15 is 0 Å². The molecule has 0 radical (unpaired) electrons. The van der Waals surface area contributed by atoms with Crippen molar-refractivity contribution in [2.75, 3.05) is 10.0 Å². The molecule has 6 nitrogen and oxygen atoms in total. The number of alkyl halides is 3. The van der Waals surface area contributed by atoms with Gasteiger partial charge in [0.05, 0.1) is 28.1 Å². The van der Waals surface area contributed by atoms with Crippen LogP contribution in [-0.2, 0) is 16.2 Å². The van der Waals surface area contributed by atoms with Gasteiger partial charge in [0.25, 0.3) is 15.9 Å². The molecule has 29 heavy (non-hydrogen) atoms. The van der Waals surface area contributed by atoms with Gasteiger partial charge >= 0.3 is 6.18 Å². The van der Waals surface area contributed by atoms with Gasteiger partial charge in [0.2, 0.25) is 0 Å². The molecule has 1 amide bonds. The summed E-state index contributed by atoms with van der Waals surface area (Å²) in [4.78, 5) is 11.6. The molecule has 3 aromatic rings. The number of carbonyl (C=O) groups excluding carboxylic acids is 1. The lowest BCUT2D eigenvalue weighted by Crippen LogP contribution is -2.17. The van der Waals surface area contributed by atoms with Crippen LogP contribution in [0.5, 0.6) is 0 Å². The molecule has 2 aromatic carbocycles. The predicted octanol–water partition coefficient (Wildman–Crippen LogP) is 5.00. The van der Waals surface area contributed by atoms with Gasteiger partial charge in [0.1, 0.15) is 0 Å². The number of carbonyl (C=O) groups is 1. The summed E-state index contributed by atoms with van der Waals surface area (Å²) in [6.07, 6.45) is -3.42. The van der Waals surface area contributed by atoms with Gasteiger partial charge in [0.15, 0.2) is 5.76 Å². The van der Waals surface area contributed by atoms with E-state index in [1.54, 1.807) is 0 Å². The van der Waals surface area contributed by atoms with E-state index in [1.165, 1.54) is 36.6 Å². The van der Waals surface area contributed by atoms with Gasteiger partial charge in [-0.05, 0) is 48.5 Å². The van der Waals surface area contributed by atoms with Gasteiger partial charge < -0.3 is 9.73 Å². The van der Waals surface area contributed by atoms with Gasteiger partial charge in [-0.2, -0.15) is 13.2 Å². The zero-order valence-electron chi connectivity index (χ0n) is 14.3. The van der Waals surface area contributed by atoms with E-state index in [0.717, 1.165) is 18.2 Å². The standard InChI is InChI=1S/C18H12ClF3N2O4S/c19-12-6-7-14(15(10-12)23-17(25)16-5-2-8-28-16)24-29(26,27)13-4-1-3-11(9-13)18(20,21)22/h1-10,24H,(H,23,25). The minimum atomic E-state index is -4.70. The van der Waals surface area contributed by atoms with Crippen LogP contribution in [0.3, 0.4) is 0 Å².